The molecule has 0 heterocycles. The van der Waals surface area contributed by atoms with E-state index in [0.717, 1.165) is 25.5 Å². The molecule has 1 saturated carbocycles. The van der Waals surface area contributed by atoms with Gasteiger partial charge in [-0.15, -0.1) is 0 Å². The van der Waals surface area contributed by atoms with Gasteiger partial charge in [0.2, 0.25) is 12.3 Å². The predicted octanol–water partition coefficient (Wildman–Crippen LogP) is 1.38. The molecule has 1 fully saturated rings. The summed E-state index contributed by atoms with van der Waals surface area (Å²) in [7, 11) is 1.91. The maximum absolute atomic E-state index is 12.8. The van der Waals surface area contributed by atoms with Crippen molar-refractivity contribution in [1.29, 1.82) is 0 Å². The molecule has 26 heavy (non-hydrogen) atoms. The topological polar surface area (TPSA) is 84.2 Å². The first-order chi connectivity index (χ1) is 12.3. The normalized spacial score (nSPS) is 20.7. The Morgan fingerprint density at radius 1 is 1.31 bits per heavy atom. The number of primary amides is 1. The number of hydrogen-bond acceptors (Lipinski definition) is 3. The molecule has 2 rings (SSSR count). The summed E-state index contributed by atoms with van der Waals surface area (Å²) in [6.07, 6.45) is -1.68. The van der Waals surface area contributed by atoms with Gasteiger partial charge in [0.25, 0.3) is 5.91 Å². The number of hydrogen-bond donors (Lipinski definition) is 3. The highest BCUT2D eigenvalue weighted by Gasteiger charge is 2.34. The van der Waals surface area contributed by atoms with E-state index in [-0.39, 0.29) is 5.56 Å². The second-order valence-corrected chi connectivity index (χ2v) is 6.55. The summed E-state index contributed by atoms with van der Waals surface area (Å²) in [5.41, 5.74) is 6.14. The summed E-state index contributed by atoms with van der Waals surface area (Å²) in [5, 5.41) is 5.40. The van der Waals surface area contributed by atoms with Crippen LogP contribution < -0.4 is 16.4 Å². The highest BCUT2D eigenvalue weighted by Crippen LogP contribution is 2.36. The third-order valence-electron chi connectivity index (χ3n) is 4.45. The van der Waals surface area contributed by atoms with Gasteiger partial charge in [-0.25, -0.2) is 8.78 Å². The Hall–Kier alpha value is -2.46. The smallest absolute Gasteiger partial charge is 0.251 e. The van der Waals surface area contributed by atoms with E-state index in [9.17, 15) is 18.4 Å². The molecule has 5 nitrogen and oxygen atoms in total. The second kappa shape index (κ2) is 8.77. The van der Waals surface area contributed by atoms with Gasteiger partial charge in [0.15, 0.2) is 0 Å². The lowest BCUT2D eigenvalue weighted by molar-refractivity contribution is -0.122. The molecule has 0 bridgehead atoms. The number of rotatable bonds is 7. The molecule has 0 radical (unpaired) electrons. The van der Waals surface area contributed by atoms with E-state index in [1.807, 2.05) is 7.05 Å². The van der Waals surface area contributed by atoms with Gasteiger partial charge in [0, 0.05) is 23.0 Å². The number of carbonyl (C=O) groups is 2. The van der Waals surface area contributed by atoms with E-state index >= 15 is 0 Å². The zero-order chi connectivity index (χ0) is 19.3. The SMILES string of the molecule is CNCC1CC1C#Cc1ccc(C(=O)NC(C(N)=O)C(C)C(F)F)cc1. The van der Waals surface area contributed by atoms with Crippen molar-refractivity contribution in [2.75, 3.05) is 13.6 Å². The Morgan fingerprint density at radius 2 is 1.96 bits per heavy atom. The van der Waals surface area contributed by atoms with Crippen LogP contribution in [0.25, 0.3) is 0 Å². The van der Waals surface area contributed by atoms with Crippen molar-refractivity contribution < 1.29 is 18.4 Å². The van der Waals surface area contributed by atoms with Gasteiger partial charge in [-0.05, 0) is 50.2 Å². The quantitative estimate of drug-likeness (QED) is 0.640. The number of halogens is 2. The van der Waals surface area contributed by atoms with Crippen molar-refractivity contribution in [2.24, 2.45) is 23.5 Å². The van der Waals surface area contributed by atoms with Crippen LogP contribution in [0, 0.1) is 29.6 Å². The third kappa shape index (κ3) is 5.27. The van der Waals surface area contributed by atoms with E-state index in [1.165, 1.54) is 0 Å². The third-order valence-corrected chi connectivity index (χ3v) is 4.45. The Bertz CT molecular complexity index is 710. The molecule has 1 aromatic rings. The van der Waals surface area contributed by atoms with Crippen molar-refractivity contribution in [1.82, 2.24) is 10.6 Å². The average Bonchev–Trinajstić information content (AvgIpc) is 3.35. The number of carbonyl (C=O) groups excluding carboxylic acids is 2. The Morgan fingerprint density at radius 3 is 2.50 bits per heavy atom. The van der Waals surface area contributed by atoms with E-state index in [1.54, 1.807) is 24.3 Å². The fourth-order valence-electron chi connectivity index (χ4n) is 2.62. The Labute approximate surface area is 151 Å². The Balaban J connectivity index is 1.98. The fourth-order valence-corrected chi connectivity index (χ4v) is 2.62. The van der Waals surface area contributed by atoms with Crippen molar-refractivity contribution >= 4 is 11.8 Å². The highest BCUT2D eigenvalue weighted by atomic mass is 19.3. The van der Waals surface area contributed by atoms with Crippen LogP contribution in [0.5, 0.6) is 0 Å². The largest absolute Gasteiger partial charge is 0.368 e. The van der Waals surface area contributed by atoms with Crippen molar-refractivity contribution in [3.05, 3.63) is 35.4 Å². The van der Waals surface area contributed by atoms with E-state index < -0.39 is 30.2 Å². The lowest BCUT2D eigenvalue weighted by Crippen LogP contribution is -2.50. The summed E-state index contributed by atoms with van der Waals surface area (Å²) >= 11 is 0. The molecule has 2 amide bonds. The lowest BCUT2D eigenvalue weighted by atomic mass is 10.0. The van der Waals surface area contributed by atoms with Crippen LogP contribution in [0.1, 0.15) is 29.3 Å². The van der Waals surface area contributed by atoms with Crippen molar-refractivity contribution in [3.8, 4) is 11.8 Å². The molecule has 4 N–H and O–H groups in total. The molecule has 1 aromatic carbocycles. The van der Waals surface area contributed by atoms with Crippen LogP contribution in [0.3, 0.4) is 0 Å². The fraction of sp³-hybridized carbons (Fsp3) is 0.474. The van der Waals surface area contributed by atoms with Gasteiger partial charge < -0.3 is 16.4 Å². The zero-order valence-corrected chi connectivity index (χ0v) is 14.8. The number of amides is 2. The zero-order valence-electron chi connectivity index (χ0n) is 14.8. The number of alkyl halides is 2. The maximum atomic E-state index is 12.8. The molecular weight excluding hydrogens is 340 g/mol. The van der Waals surface area contributed by atoms with Crippen LogP contribution in [0.4, 0.5) is 8.78 Å². The van der Waals surface area contributed by atoms with Crippen LogP contribution in [0.15, 0.2) is 24.3 Å². The van der Waals surface area contributed by atoms with Gasteiger partial charge in [0.1, 0.15) is 6.04 Å². The minimum absolute atomic E-state index is 0.253. The number of benzene rings is 1. The van der Waals surface area contributed by atoms with Crippen LogP contribution in [-0.2, 0) is 4.79 Å². The van der Waals surface area contributed by atoms with Gasteiger partial charge in [-0.2, -0.15) is 0 Å². The summed E-state index contributed by atoms with van der Waals surface area (Å²) in [6, 6.07) is 5.03. The average molecular weight is 363 g/mol. The summed E-state index contributed by atoms with van der Waals surface area (Å²) in [5.74, 6) is 4.28. The second-order valence-electron chi connectivity index (χ2n) is 6.55. The summed E-state index contributed by atoms with van der Waals surface area (Å²) in [6.45, 7) is 2.12. The van der Waals surface area contributed by atoms with E-state index in [4.69, 9.17) is 5.73 Å². The van der Waals surface area contributed by atoms with Gasteiger partial charge in [-0.3, -0.25) is 9.59 Å². The van der Waals surface area contributed by atoms with E-state index in [2.05, 4.69) is 22.5 Å². The molecule has 1 aliphatic rings. The van der Waals surface area contributed by atoms with Gasteiger partial charge >= 0.3 is 0 Å². The minimum Gasteiger partial charge on any atom is -0.368 e. The molecule has 0 aromatic heterocycles. The molecule has 1 aliphatic carbocycles. The Kier molecular flexibility index (Phi) is 6.70. The molecule has 0 spiro atoms. The first-order valence-corrected chi connectivity index (χ1v) is 8.48. The standard InChI is InChI=1S/C19H23F2N3O2/c1-11(17(20)21)16(18(22)25)24-19(26)13-6-3-12(4-7-13)5-8-14-9-15(14)10-23-2/h3-4,6-7,11,14-17,23H,9-10H2,1-2H3,(H2,22,25)(H,24,26). The molecule has 7 heteroatoms. The first kappa shape index (κ1) is 19.9. The van der Waals surface area contributed by atoms with Gasteiger partial charge in [0.05, 0.1) is 0 Å². The van der Waals surface area contributed by atoms with Gasteiger partial charge in [-0.1, -0.05) is 18.8 Å². The van der Waals surface area contributed by atoms with Crippen molar-refractivity contribution in [2.45, 2.75) is 25.8 Å². The van der Waals surface area contributed by atoms with E-state index in [0.29, 0.717) is 11.8 Å². The minimum atomic E-state index is -2.76. The number of nitrogens with two attached hydrogens (primary N) is 1. The van der Waals surface area contributed by atoms with Crippen LogP contribution >= 0.6 is 0 Å². The van der Waals surface area contributed by atoms with Crippen LogP contribution in [-0.4, -0.2) is 37.9 Å². The summed E-state index contributed by atoms with van der Waals surface area (Å²) in [4.78, 5) is 23.5. The summed E-state index contributed by atoms with van der Waals surface area (Å²) < 4.78 is 25.6. The highest BCUT2D eigenvalue weighted by molar-refractivity contribution is 5.97. The van der Waals surface area contributed by atoms with Crippen LogP contribution in [0.2, 0.25) is 0 Å². The van der Waals surface area contributed by atoms with Crippen molar-refractivity contribution in [3.63, 3.8) is 0 Å². The number of nitrogens with one attached hydrogen (secondary N) is 2. The molecular formula is C19H23F2N3O2. The maximum Gasteiger partial charge on any atom is 0.251 e. The molecule has 0 aliphatic heterocycles. The first-order valence-electron chi connectivity index (χ1n) is 8.48. The lowest BCUT2D eigenvalue weighted by Gasteiger charge is -2.21. The predicted molar refractivity (Wildman–Crippen MR) is 94.5 cm³/mol. The molecule has 0 saturated heterocycles. The monoisotopic (exact) mass is 363 g/mol. The molecule has 4 atom stereocenters. The molecule has 140 valence electrons. The molecule has 4 unspecified atom stereocenters.